The third-order valence-electron chi connectivity index (χ3n) is 3.11. The van der Waals surface area contributed by atoms with Gasteiger partial charge in [0.1, 0.15) is 0 Å². The highest BCUT2D eigenvalue weighted by Gasteiger charge is 2.10. The molecule has 1 aromatic heterocycles. The van der Waals surface area contributed by atoms with Crippen LogP contribution in [0.4, 0.5) is 10.5 Å². The number of urea groups is 1. The highest BCUT2D eigenvalue weighted by molar-refractivity contribution is 7.07. The second kappa shape index (κ2) is 9.43. The van der Waals surface area contributed by atoms with Crippen molar-refractivity contribution in [1.82, 2.24) is 9.99 Å². The van der Waals surface area contributed by atoms with Crippen LogP contribution in [0.2, 0.25) is 0 Å². The number of benzene rings is 1. The third kappa shape index (κ3) is 5.61. The van der Waals surface area contributed by atoms with Gasteiger partial charge in [-0.1, -0.05) is 24.3 Å². The summed E-state index contributed by atoms with van der Waals surface area (Å²) in [5, 5.41) is 8.61. The van der Waals surface area contributed by atoms with Gasteiger partial charge in [0, 0.05) is 23.3 Å². The molecule has 0 saturated heterocycles. The molecule has 132 valence electrons. The number of ether oxygens (including phenoxy) is 1. The largest absolute Gasteiger partial charge is 0.466 e. The first-order valence-corrected chi connectivity index (χ1v) is 8.61. The standard InChI is InChI=1S/C17H20N4O3S/c1-3-10-21-14(11-15(22)24-4-2)12-25-17(21)20-19-16(23)18-13-8-6-5-7-9-13/h3,5-9,12H,1,4,10-11H2,2H3,(H2,18,19,23). The highest BCUT2D eigenvalue weighted by Crippen LogP contribution is 2.06. The van der Waals surface area contributed by atoms with Crippen molar-refractivity contribution >= 4 is 29.0 Å². The van der Waals surface area contributed by atoms with Gasteiger partial charge in [0.2, 0.25) is 4.80 Å². The van der Waals surface area contributed by atoms with Gasteiger partial charge in [-0.15, -0.1) is 23.0 Å². The van der Waals surface area contributed by atoms with Crippen LogP contribution in [0.3, 0.4) is 0 Å². The van der Waals surface area contributed by atoms with Crippen LogP contribution in [0.15, 0.2) is 53.5 Å². The number of para-hydroxylation sites is 1. The van der Waals surface area contributed by atoms with Crippen molar-refractivity contribution in [2.75, 3.05) is 11.9 Å². The number of thiazole rings is 1. The summed E-state index contributed by atoms with van der Waals surface area (Å²) in [6, 6.07) is 8.62. The van der Waals surface area contributed by atoms with E-state index in [4.69, 9.17) is 4.74 Å². The van der Waals surface area contributed by atoms with Crippen molar-refractivity contribution in [1.29, 1.82) is 0 Å². The number of nitrogens with one attached hydrogen (secondary N) is 2. The molecule has 0 unspecified atom stereocenters. The summed E-state index contributed by atoms with van der Waals surface area (Å²) in [4.78, 5) is 24.1. The molecule has 2 rings (SSSR count). The average Bonchev–Trinajstić information content (AvgIpc) is 2.96. The van der Waals surface area contributed by atoms with Crippen LogP contribution in [0, 0.1) is 0 Å². The van der Waals surface area contributed by atoms with E-state index in [9.17, 15) is 9.59 Å². The molecule has 25 heavy (non-hydrogen) atoms. The van der Waals surface area contributed by atoms with Gasteiger partial charge in [-0.2, -0.15) is 0 Å². The molecule has 2 aromatic rings. The molecule has 0 bridgehead atoms. The van der Waals surface area contributed by atoms with Crippen molar-refractivity contribution in [3.05, 3.63) is 58.9 Å². The van der Waals surface area contributed by atoms with E-state index in [-0.39, 0.29) is 12.4 Å². The molecule has 0 aliphatic carbocycles. The average molecular weight is 360 g/mol. The van der Waals surface area contributed by atoms with Gasteiger partial charge in [-0.3, -0.25) is 4.79 Å². The highest BCUT2D eigenvalue weighted by atomic mass is 32.1. The lowest BCUT2D eigenvalue weighted by molar-refractivity contribution is -0.142. The van der Waals surface area contributed by atoms with Gasteiger partial charge in [-0.25, -0.2) is 10.2 Å². The first kappa shape index (κ1) is 18.5. The molecule has 2 N–H and O–H groups in total. The molecule has 0 fully saturated rings. The zero-order valence-electron chi connectivity index (χ0n) is 13.9. The van der Waals surface area contributed by atoms with E-state index < -0.39 is 6.03 Å². The Kier molecular flexibility index (Phi) is 6.97. The predicted octanol–water partition coefficient (Wildman–Crippen LogP) is 2.48. The van der Waals surface area contributed by atoms with Crippen molar-refractivity contribution < 1.29 is 14.3 Å². The van der Waals surface area contributed by atoms with Crippen molar-refractivity contribution in [2.24, 2.45) is 5.10 Å². The topological polar surface area (TPSA) is 84.7 Å². The van der Waals surface area contributed by atoms with E-state index in [1.54, 1.807) is 29.7 Å². The Hall–Kier alpha value is -2.87. The Morgan fingerprint density at radius 2 is 2.12 bits per heavy atom. The van der Waals surface area contributed by atoms with Crippen LogP contribution in [-0.2, 0) is 22.5 Å². The Bertz CT molecular complexity index is 796. The van der Waals surface area contributed by atoms with Gasteiger partial charge in [0.05, 0.1) is 13.0 Å². The number of anilines is 1. The molecule has 2 amide bonds. The monoisotopic (exact) mass is 360 g/mol. The second-order valence-corrected chi connectivity index (χ2v) is 5.77. The van der Waals surface area contributed by atoms with Crippen LogP contribution in [0.25, 0.3) is 0 Å². The first-order valence-electron chi connectivity index (χ1n) is 7.73. The van der Waals surface area contributed by atoms with Gasteiger partial charge < -0.3 is 14.6 Å². The molecule has 0 radical (unpaired) electrons. The van der Waals surface area contributed by atoms with Crippen LogP contribution in [0.5, 0.6) is 0 Å². The Balaban J connectivity index is 2.10. The fraction of sp³-hybridized carbons (Fsp3) is 0.235. The molecule has 0 aliphatic rings. The van der Waals surface area contributed by atoms with Gasteiger partial charge in [0.25, 0.3) is 0 Å². The molecule has 7 nitrogen and oxygen atoms in total. The lowest BCUT2D eigenvalue weighted by Gasteiger charge is -2.06. The quantitative estimate of drug-likeness (QED) is 0.452. The maximum atomic E-state index is 11.9. The molecular weight excluding hydrogens is 340 g/mol. The zero-order chi connectivity index (χ0) is 18.1. The van der Waals surface area contributed by atoms with Gasteiger partial charge >= 0.3 is 12.0 Å². The summed E-state index contributed by atoms with van der Waals surface area (Å²) >= 11 is 1.32. The molecule has 8 heteroatoms. The lowest BCUT2D eigenvalue weighted by Crippen LogP contribution is -2.28. The van der Waals surface area contributed by atoms with E-state index >= 15 is 0 Å². The minimum Gasteiger partial charge on any atom is -0.466 e. The normalized spacial score (nSPS) is 11.0. The molecular formula is C17H20N4O3S. The van der Waals surface area contributed by atoms with Crippen molar-refractivity contribution in [3.8, 4) is 0 Å². The second-order valence-electron chi connectivity index (χ2n) is 4.93. The number of carbonyl (C=O) groups is 2. The van der Waals surface area contributed by atoms with Gasteiger partial charge in [0.15, 0.2) is 0 Å². The van der Waals surface area contributed by atoms with Crippen molar-refractivity contribution in [2.45, 2.75) is 19.9 Å². The summed E-state index contributed by atoms with van der Waals surface area (Å²) in [6.45, 7) is 6.28. The summed E-state index contributed by atoms with van der Waals surface area (Å²) in [6.07, 6.45) is 1.84. The Labute approximate surface area is 149 Å². The number of hydrogen-bond donors (Lipinski definition) is 2. The van der Waals surface area contributed by atoms with E-state index in [1.165, 1.54) is 11.3 Å². The maximum Gasteiger partial charge on any atom is 0.339 e. The van der Waals surface area contributed by atoms with Crippen LogP contribution in [-0.4, -0.2) is 23.2 Å². The molecule has 1 heterocycles. The number of aromatic nitrogens is 1. The fourth-order valence-corrected chi connectivity index (χ4v) is 2.93. The number of allylic oxidation sites excluding steroid dienone is 1. The van der Waals surface area contributed by atoms with E-state index in [2.05, 4.69) is 22.4 Å². The summed E-state index contributed by atoms with van der Waals surface area (Å²) in [7, 11) is 0. The summed E-state index contributed by atoms with van der Waals surface area (Å²) in [5.41, 5.74) is 3.88. The summed E-state index contributed by atoms with van der Waals surface area (Å²) in [5.74, 6) is -0.306. The number of nitrogens with zero attached hydrogens (tertiary/aromatic N) is 2. The first-order chi connectivity index (χ1) is 12.1. The predicted molar refractivity (Wildman–Crippen MR) is 97.0 cm³/mol. The van der Waals surface area contributed by atoms with E-state index in [0.29, 0.717) is 23.6 Å². The molecule has 0 atom stereocenters. The minimum absolute atomic E-state index is 0.143. The third-order valence-corrected chi connectivity index (χ3v) is 4.02. The lowest BCUT2D eigenvalue weighted by atomic mass is 10.3. The van der Waals surface area contributed by atoms with E-state index in [0.717, 1.165) is 5.69 Å². The SMILES string of the molecule is C=CCn1c(CC(=O)OCC)csc1=NNC(=O)Nc1ccccc1. The van der Waals surface area contributed by atoms with Crippen LogP contribution >= 0.6 is 11.3 Å². The van der Waals surface area contributed by atoms with Gasteiger partial charge in [-0.05, 0) is 19.1 Å². The number of hydrogen-bond acceptors (Lipinski definition) is 5. The number of amides is 2. The van der Waals surface area contributed by atoms with Crippen molar-refractivity contribution in [3.63, 3.8) is 0 Å². The van der Waals surface area contributed by atoms with Crippen LogP contribution in [0.1, 0.15) is 12.6 Å². The number of carbonyl (C=O) groups excluding carboxylic acids is 2. The molecule has 0 saturated carbocycles. The summed E-state index contributed by atoms with van der Waals surface area (Å²) < 4.78 is 6.77. The molecule has 0 aliphatic heterocycles. The minimum atomic E-state index is -0.448. The zero-order valence-corrected chi connectivity index (χ0v) is 14.7. The Morgan fingerprint density at radius 3 is 2.80 bits per heavy atom. The smallest absolute Gasteiger partial charge is 0.339 e. The fourth-order valence-electron chi connectivity index (χ4n) is 2.06. The molecule has 1 aromatic carbocycles. The maximum absolute atomic E-state index is 11.9. The number of rotatable bonds is 7. The Morgan fingerprint density at radius 1 is 1.36 bits per heavy atom. The molecule has 0 spiro atoms. The van der Waals surface area contributed by atoms with E-state index in [1.807, 2.05) is 23.6 Å². The number of esters is 1. The van der Waals surface area contributed by atoms with Crippen LogP contribution < -0.4 is 15.5 Å².